The van der Waals surface area contributed by atoms with Gasteiger partial charge < -0.3 is 5.43 Å². The molecule has 1 fully saturated rings. The molecule has 1 aliphatic rings. The summed E-state index contributed by atoms with van der Waals surface area (Å²) < 4.78 is 0. The van der Waals surface area contributed by atoms with Crippen molar-refractivity contribution in [2.24, 2.45) is 11.8 Å². The summed E-state index contributed by atoms with van der Waals surface area (Å²) in [5.41, 5.74) is 3.45. The zero-order chi connectivity index (χ0) is 12.3. The van der Waals surface area contributed by atoms with Crippen molar-refractivity contribution in [2.75, 3.05) is 18.5 Å². The average molecular weight is 255 g/mol. The number of nitrogens with two attached hydrogens (primary N) is 1. The van der Waals surface area contributed by atoms with Crippen LogP contribution < -0.4 is 11.3 Å². The normalized spacial score (nSPS) is 20.8. The van der Waals surface area contributed by atoms with Gasteiger partial charge in [-0.3, -0.25) is 4.90 Å². The van der Waals surface area contributed by atoms with Gasteiger partial charge in [-0.25, -0.2) is 10.8 Å². The zero-order valence-electron chi connectivity index (χ0n) is 10.1. The third-order valence-electron chi connectivity index (χ3n) is 3.39. The van der Waals surface area contributed by atoms with Crippen LogP contribution in [0.15, 0.2) is 12.1 Å². The van der Waals surface area contributed by atoms with Gasteiger partial charge in [0.1, 0.15) is 5.82 Å². The molecule has 4 nitrogen and oxygen atoms in total. The number of halogens is 1. The summed E-state index contributed by atoms with van der Waals surface area (Å²) >= 11 is 6.14. The van der Waals surface area contributed by atoms with Gasteiger partial charge in [-0.2, -0.15) is 0 Å². The topological polar surface area (TPSA) is 54.2 Å². The van der Waals surface area contributed by atoms with Crippen molar-refractivity contribution in [3.05, 3.63) is 22.8 Å². The van der Waals surface area contributed by atoms with Gasteiger partial charge >= 0.3 is 0 Å². The highest BCUT2D eigenvalue weighted by Gasteiger charge is 2.21. The Labute approximate surface area is 107 Å². The van der Waals surface area contributed by atoms with Crippen molar-refractivity contribution in [3.8, 4) is 0 Å². The number of hydrazine groups is 1. The van der Waals surface area contributed by atoms with Crippen LogP contribution in [0.25, 0.3) is 0 Å². The van der Waals surface area contributed by atoms with E-state index in [0.717, 1.165) is 31.2 Å². The Kier molecular flexibility index (Phi) is 4.20. The number of hydrogen-bond donors (Lipinski definition) is 2. The zero-order valence-corrected chi connectivity index (χ0v) is 10.9. The van der Waals surface area contributed by atoms with Gasteiger partial charge in [-0.1, -0.05) is 24.9 Å². The monoisotopic (exact) mass is 254 g/mol. The minimum Gasteiger partial charge on any atom is -0.308 e. The van der Waals surface area contributed by atoms with Gasteiger partial charge in [-0.15, -0.1) is 0 Å². The first-order valence-electron chi connectivity index (χ1n) is 6.07. The molecule has 17 heavy (non-hydrogen) atoms. The molecule has 0 amide bonds. The van der Waals surface area contributed by atoms with Crippen molar-refractivity contribution >= 4 is 17.4 Å². The predicted molar refractivity (Wildman–Crippen MR) is 70.7 cm³/mol. The minimum atomic E-state index is 0.663. The molecule has 0 aromatic carbocycles. The second-order valence-electron chi connectivity index (χ2n) is 4.57. The van der Waals surface area contributed by atoms with E-state index in [0.29, 0.717) is 10.8 Å². The number of nitrogens with zero attached hydrogens (tertiary/aromatic N) is 2. The van der Waals surface area contributed by atoms with E-state index in [1.54, 1.807) is 6.07 Å². The van der Waals surface area contributed by atoms with Gasteiger partial charge in [-0.05, 0) is 31.0 Å². The Balaban J connectivity index is 2.03. The summed E-state index contributed by atoms with van der Waals surface area (Å²) in [6, 6.07) is 3.62. The van der Waals surface area contributed by atoms with Crippen molar-refractivity contribution in [3.63, 3.8) is 0 Å². The SMILES string of the molecule is CCC1CCN(Cc2nc(NN)ccc2Cl)C1. The lowest BCUT2D eigenvalue weighted by Crippen LogP contribution is -2.21. The summed E-state index contributed by atoms with van der Waals surface area (Å²) in [6.07, 6.45) is 2.53. The molecule has 5 heteroatoms. The number of nitrogen functional groups attached to an aromatic ring is 1. The van der Waals surface area contributed by atoms with E-state index in [1.165, 1.54) is 12.8 Å². The van der Waals surface area contributed by atoms with E-state index >= 15 is 0 Å². The second-order valence-corrected chi connectivity index (χ2v) is 4.97. The van der Waals surface area contributed by atoms with Crippen molar-refractivity contribution in [1.29, 1.82) is 0 Å². The van der Waals surface area contributed by atoms with E-state index in [-0.39, 0.29) is 0 Å². The number of pyridine rings is 1. The molecule has 2 heterocycles. The maximum absolute atomic E-state index is 6.14. The smallest absolute Gasteiger partial charge is 0.140 e. The molecule has 1 aromatic rings. The molecule has 94 valence electrons. The highest BCUT2D eigenvalue weighted by atomic mass is 35.5. The Hall–Kier alpha value is -0.840. The van der Waals surface area contributed by atoms with Crippen LogP contribution in [0.1, 0.15) is 25.5 Å². The maximum Gasteiger partial charge on any atom is 0.140 e. The lowest BCUT2D eigenvalue weighted by Gasteiger charge is -2.16. The number of likely N-dealkylation sites (tertiary alicyclic amines) is 1. The Bertz CT molecular complexity index is 383. The number of anilines is 1. The first kappa shape index (κ1) is 12.6. The van der Waals surface area contributed by atoms with Crippen LogP contribution in [0.5, 0.6) is 0 Å². The lowest BCUT2D eigenvalue weighted by atomic mass is 10.1. The average Bonchev–Trinajstić information content (AvgIpc) is 2.80. The molecule has 0 bridgehead atoms. The Morgan fingerprint density at radius 3 is 3.06 bits per heavy atom. The van der Waals surface area contributed by atoms with E-state index < -0.39 is 0 Å². The minimum absolute atomic E-state index is 0.663. The largest absolute Gasteiger partial charge is 0.308 e. The maximum atomic E-state index is 6.14. The first-order valence-corrected chi connectivity index (χ1v) is 6.45. The summed E-state index contributed by atoms with van der Waals surface area (Å²) in [4.78, 5) is 6.80. The van der Waals surface area contributed by atoms with E-state index in [4.69, 9.17) is 17.4 Å². The van der Waals surface area contributed by atoms with Crippen LogP contribution in [0.4, 0.5) is 5.82 Å². The van der Waals surface area contributed by atoms with Crippen LogP contribution in [0.3, 0.4) is 0 Å². The van der Waals surface area contributed by atoms with Crippen LogP contribution in [0.2, 0.25) is 5.02 Å². The summed E-state index contributed by atoms with van der Waals surface area (Å²) in [5.74, 6) is 6.84. The number of nitrogens with one attached hydrogen (secondary N) is 1. The molecule has 1 unspecified atom stereocenters. The summed E-state index contributed by atoms with van der Waals surface area (Å²) in [7, 11) is 0. The second kappa shape index (κ2) is 5.67. The fourth-order valence-corrected chi connectivity index (χ4v) is 2.44. The van der Waals surface area contributed by atoms with Gasteiger partial charge in [0.05, 0.1) is 10.7 Å². The molecule has 0 aliphatic carbocycles. The lowest BCUT2D eigenvalue weighted by molar-refractivity contribution is 0.311. The number of hydrogen-bond acceptors (Lipinski definition) is 4. The molecule has 1 aliphatic heterocycles. The highest BCUT2D eigenvalue weighted by Crippen LogP contribution is 2.23. The van der Waals surface area contributed by atoms with E-state index in [9.17, 15) is 0 Å². The first-order chi connectivity index (χ1) is 8.22. The van der Waals surface area contributed by atoms with Crippen molar-refractivity contribution < 1.29 is 0 Å². The van der Waals surface area contributed by atoms with Gasteiger partial charge in [0, 0.05) is 13.1 Å². The van der Waals surface area contributed by atoms with Crippen LogP contribution in [-0.2, 0) is 6.54 Å². The predicted octanol–water partition coefficient (Wildman–Crippen LogP) is 2.25. The van der Waals surface area contributed by atoms with E-state index in [1.807, 2.05) is 6.07 Å². The Morgan fingerprint density at radius 1 is 1.59 bits per heavy atom. The number of aromatic nitrogens is 1. The molecule has 2 rings (SSSR count). The molecule has 0 saturated carbocycles. The molecule has 1 atom stereocenters. The third-order valence-corrected chi connectivity index (χ3v) is 3.73. The quantitative estimate of drug-likeness (QED) is 0.639. The van der Waals surface area contributed by atoms with Gasteiger partial charge in [0.2, 0.25) is 0 Å². The van der Waals surface area contributed by atoms with Crippen molar-refractivity contribution in [2.45, 2.75) is 26.3 Å². The van der Waals surface area contributed by atoms with Gasteiger partial charge in [0.15, 0.2) is 0 Å². The summed E-state index contributed by atoms with van der Waals surface area (Å²) in [6.45, 7) is 5.34. The van der Waals surface area contributed by atoms with E-state index in [2.05, 4.69) is 22.2 Å². The molecular formula is C12H19ClN4. The molecule has 1 aromatic heterocycles. The third kappa shape index (κ3) is 3.09. The van der Waals surface area contributed by atoms with Crippen LogP contribution in [-0.4, -0.2) is 23.0 Å². The standard InChI is InChI=1S/C12H19ClN4/c1-2-9-5-6-17(7-9)8-11-10(13)3-4-12(15-11)16-14/h3-4,9H,2,5-8,14H2,1H3,(H,15,16). The molecular weight excluding hydrogens is 236 g/mol. The van der Waals surface area contributed by atoms with Crippen LogP contribution in [0, 0.1) is 5.92 Å². The van der Waals surface area contributed by atoms with Crippen molar-refractivity contribution in [1.82, 2.24) is 9.88 Å². The number of rotatable bonds is 4. The highest BCUT2D eigenvalue weighted by molar-refractivity contribution is 6.31. The Morgan fingerprint density at radius 2 is 2.41 bits per heavy atom. The molecule has 3 N–H and O–H groups in total. The fourth-order valence-electron chi connectivity index (χ4n) is 2.28. The molecule has 1 saturated heterocycles. The molecule has 0 radical (unpaired) electrons. The van der Waals surface area contributed by atoms with Crippen LogP contribution >= 0.6 is 11.6 Å². The van der Waals surface area contributed by atoms with Gasteiger partial charge in [0.25, 0.3) is 0 Å². The summed E-state index contributed by atoms with van der Waals surface area (Å²) in [5, 5.41) is 0.712. The molecule has 0 spiro atoms. The fraction of sp³-hybridized carbons (Fsp3) is 0.583.